The molecule has 1 fully saturated rings. The number of thiazole rings is 1. The highest BCUT2D eigenvalue weighted by molar-refractivity contribution is 7.16. The Labute approximate surface area is 171 Å². The van der Waals surface area contributed by atoms with Gasteiger partial charge in [-0.05, 0) is 18.9 Å². The SMILES string of the molecule is COC(=O)c1nc(NC(=O)CC[C@H]2NC(=O)N(Cc3ccccc3)C2=O)sc1C. The summed E-state index contributed by atoms with van der Waals surface area (Å²) in [6, 6.07) is 7.97. The average Bonchev–Trinajstić information content (AvgIpc) is 3.20. The normalized spacial score (nSPS) is 15.9. The van der Waals surface area contributed by atoms with Crippen LogP contribution in [0.5, 0.6) is 0 Å². The van der Waals surface area contributed by atoms with Crippen LogP contribution >= 0.6 is 11.3 Å². The third-order valence-corrected chi connectivity index (χ3v) is 5.26. The summed E-state index contributed by atoms with van der Waals surface area (Å²) < 4.78 is 4.64. The summed E-state index contributed by atoms with van der Waals surface area (Å²) in [5.41, 5.74) is 0.998. The van der Waals surface area contributed by atoms with Crippen molar-refractivity contribution >= 4 is 40.3 Å². The van der Waals surface area contributed by atoms with E-state index in [-0.39, 0.29) is 42.0 Å². The van der Waals surface area contributed by atoms with Crippen LogP contribution in [0.3, 0.4) is 0 Å². The number of urea groups is 1. The lowest BCUT2D eigenvalue weighted by molar-refractivity contribution is -0.128. The van der Waals surface area contributed by atoms with Gasteiger partial charge in [0.25, 0.3) is 5.91 Å². The molecule has 0 bridgehead atoms. The van der Waals surface area contributed by atoms with Crippen molar-refractivity contribution in [2.24, 2.45) is 0 Å². The number of benzene rings is 1. The van der Waals surface area contributed by atoms with Gasteiger partial charge in [-0.25, -0.2) is 14.6 Å². The van der Waals surface area contributed by atoms with Crippen molar-refractivity contribution in [3.05, 3.63) is 46.5 Å². The summed E-state index contributed by atoms with van der Waals surface area (Å²) in [6.07, 6.45) is 0.179. The maximum absolute atomic E-state index is 12.5. The molecule has 1 aromatic carbocycles. The minimum absolute atomic E-state index is 0.0159. The topological polar surface area (TPSA) is 118 Å². The smallest absolute Gasteiger partial charge is 0.357 e. The molecule has 152 valence electrons. The Hall–Kier alpha value is -3.27. The minimum atomic E-state index is -0.749. The number of hydrogen-bond donors (Lipinski definition) is 2. The number of carbonyl (C=O) groups excluding carboxylic acids is 4. The zero-order chi connectivity index (χ0) is 21.0. The van der Waals surface area contributed by atoms with Crippen LogP contribution in [0, 0.1) is 6.92 Å². The zero-order valence-electron chi connectivity index (χ0n) is 15.9. The summed E-state index contributed by atoms with van der Waals surface area (Å²) >= 11 is 1.16. The van der Waals surface area contributed by atoms with Crippen molar-refractivity contribution in [1.82, 2.24) is 15.2 Å². The van der Waals surface area contributed by atoms with Gasteiger partial charge in [0.1, 0.15) is 6.04 Å². The van der Waals surface area contributed by atoms with E-state index < -0.39 is 18.0 Å². The largest absolute Gasteiger partial charge is 0.464 e. The van der Waals surface area contributed by atoms with Crippen molar-refractivity contribution in [3.8, 4) is 0 Å². The number of anilines is 1. The van der Waals surface area contributed by atoms with Crippen molar-refractivity contribution in [1.29, 1.82) is 0 Å². The molecule has 1 aliphatic heterocycles. The van der Waals surface area contributed by atoms with Crippen LogP contribution in [0.2, 0.25) is 0 Å². The fourth-order valence-corrected chi connectivity index (χ4v) is 3.70. The van der Waals surface area contributed by atoms with Gasteiger partial charge >= 0.3 is 12.0 Å². The molecule has 9 nitrogen and oxygen atoms in total. The predicted octanol–water partition coefficient (Wildman–Crippen LogP) is 2.08. The number of carbonyl (C=O) groups is 4. The molecule has 10 heteroatoms. The maximum Gasteiger partial charge on any atom is 0.357 e. The monoisotopic (exact) mass is 416 g/mol. The second-order valence-electron chi connectivity index (χ2n) is 6.41. The van der Waals surface area contributed by atoms with Crippen LogP contribution in [-0.4, -0.2) is 46.9 Å². The average molecular weight is 416 g/mol. The van der Waals surface area contributed by atoms with Crippen LogP contribution in [0.4, 0.5) is 9.93 Å². The first-order valence-corrected chi connectivity index (χ1v) is 9.72. The van der Waals surface area contributed by atoms with Crippen molar-refractivity contribution in [2.45, 2.75) is 32.4 Å². The van der Waals surface area contributed by atoms with Crippen molar-refractivity contribution in [3.63, 3.8) is 0 Å². The molecule has 0 unspecified atom stereocenters. The van der Waals surface area contributed by atoms with E-state index in [1.54, 1.807) is 6.92 Å². The number of imide groups is 1. The molecular formula is C19H20N4O5S. The van der Waals surface area contributed by atoms with Crippen molar-refractivity contribution in [2.75, 3.05) is 12.4 Å². The number of methoxy groups -OCH3 is 1. The summed E-state index contributed by atoms with van der Waals surface area (Å²) in [5.74, 6) is -1.29. The van der Waals surface area contributed by atoms with Gasteiger partial charge < -0.3 is 15.4 Å². The zero-order valence-corrected chi connectivity index (χ0v) is 16.7. The van der Waals surface area contributed by atoms with Crippen LogP contribution < -0.4 is 10.6 Å². The predicted molar refractivity (Wildman–Crippen MR) is 105 cm³/mol. The fourth-order valence-electron chi connectivity index (χ4n) is 2.88. The molecule has 1 aliphatic rings. The molecule has 4 amide bonds. The van der Waals surface area contributed by atoms with E-state index in [1.807, 2.05) is 30.3 Å². The number of nitrogens with one attached hydrogen (secondary N) is 2. The van der Waals surface area contributed by atoms with E-state index in [4.69, 9.17) is 0 Å². The molecule has 3 rings (SSSR count). The molecular weight excluding hydrogens is 396 g/mol. The van der Waals surface area contributed by atoms with Gasteiger partial charge in [-0.2, -0.15) is 0 Å². The highest BCUT2D eigenvalue weighted by Crippen LogP contribution is 2.23. The number of amides is 4. The number of ether oxygens (including phenoxy) is 1. The van der Waals surface area contributed by atoms with E-state index in [0.29, 0.717) is 4.88 Å². The lowest BCUT2D eigenvalue weighted by Gasteiger charge is -2.13. The Kier molecular flexibility index (Phi) is 6.23. The Balaban J connectivity index is 1.53. The minimum Gasteiger partial charge on any atom is -0.464 e. The molecule has 0 spiro atoms. The summed E-state index contributed by atoms with van der Waals surface area (Å²) in [7, 11) is 1.26. The molecule has 1 aromatic heterocycles. The Morgan fingerprint density at radius 1 is 1.28 bits per heavy atom. The molecule has 1 saturated heterocycles. The summed E-state index contributed by atoms with van der Waals surface area (Å²) in [6.45, 7) is 1.89. The highest BCUT2D eigenvalue weighted by atomic mass is 32.1. The van der Waals surface area contributed by atoms with Crippen LogP contribution in [0.25, 0.3) is 0 Å². The van der Waals surface area contributed by atoms with E-state index in [1.165, 1.54) is 7.11 Å². The number of aromatic nitrogens is 1. The van der Waals surface area contributed by atoms with E-state index in [9.17, 15) is 19.2 Å². The number of hydrogen-bond acceptors (Lipinski definition) is 7. The summed E-state index contributed by atoms with van der Waals surface area (Å²) in [5, 5.41) is 5.50. The van der Waals surface area contributed by atoms with Gasteiger partial charge in [0.05, 0.1) is 13.7 Å². The molecule has 2 heterocycles. The van der Waals surface area contributed by atoms with Crippen LogP contribution in [-0.2, 0) is 20.9 Å². The second kappa shape index (κ2) is 8.82. The van der Waals surface area contributed by atoms with Gasteiger partial charge in [-0.15, -0.1) is 11.3 Å². The lowest BCUT2D eigenvalue weighted by atomic mass is 10.1. The highest BCUT2D eigenvalue weighted by Gasteiger charge is 2.37. The Morgan fingerprint density at radius 2 is 2.00 bits per heavy atom. The molecule has 2 N–H and O–H groups in total. The third-order valence-electron chi connectivity index (χ3n) is 4.37. The maximum atomic E-state index is 12.5. The number of rotatable bonds is 7. The van der Waals surface area contributed by atoms with Crippen LogP contribution in [0.15, 0.2) is 30.3 Å². The molecule has 29 heavy (non-hydrogen) atoms. The quantitative estimate of drug-likeness (QED) is 0.527. The molecule has 0 saturated carbocycles. The van der Waals surface area contributed by atoms with Crippen molar-refractivity contribution < 1.29 is 23.9 Å². The third kappa shape index (κ3) is 4.77. The number of aryl methyl sites for hydroxylation is 1. The molecule has 1 atom stereocenters. The van der Waals surface area contributed by atoms with Gasteiger partial charge in [0.15, 0.2) is 10.8 Å². The van der Waals surface area contributed by atoms with E-state index in [2.05, 4.69) is 20.4 Å². The molecule has 0 aliphatic carbocycles. The van der Waals surface area contributed by atoms with Gasteiger partial charge in [-0.1, -0.05) is 30.3 Å². The number of nitrogens with zero attached hydrogens (tertiary/aromatic N) is 2. The number of esters is 1. The lowest BCUT2D eigenvalue weighted by Crippen LogP contribution is -2.31. The van der Waals surface area contributed by atoms with E-state index >= 15 is 0 Å². The summed E-state index contributed by atoms with van der Waals surface area (Å²) in [4.78, 5) is 54.2. The Morgan fingerprint density at radius 3 is 2.69 bits per heavy atom. The first-order valence-electron chi connectivity index (χ1n) is 8.90. The first kappa shape index (κ1) is 20.5. The van der Waals surface area contributed by atoms with Crippen LogP contribution in [0.1, 0.15) is 33.8 Å². The Bertz CT molecular complexity index is 943. The van der Waals surface area contributed by atoms with Gasteiger partial charge in [0.2, 0.25) is 5.91 Å². The fraction of sp³-hybridized carbons (Fsp3) is 0.316. The second-order valence-corrected chi connectivity index (χ2v) is 7.62. The van der Waals surface area contributed by atoms with Gasteiger partial charge in [-0.3, -0.25) is 14.5 Å². The standard InChI is InChI=1S/C19H20N4O5S/c1-11-15(17(26)28-2)22-18(29-11)21-14(24)9-8-13-16(25)23(19(27)20-13)10-12-6-4-3-5-7-12/h3-7,13H,8-10H2,1-2H3,(H,20,27)(H,21,22,24)/t13-/m1/s1. The molecule has 2 aromatic rings. The van der Waals surface area contributed by atoms with E-state index in [0.717, 1.165) is 21.8 Å². The molecule has 0 radical (unpaired) electrons. The van der Waals surface area contributed by atoms with Gasteiger partial charge in [0, 0.05) is 11.3 Å². The first-order chi connectivity index (χ1) is 13.9.